The average molecular weight is 152 g/mol. The summed E-state index contributed by atoms with van der Waals surface area (Å²) in [6.07, 6.45) is 1.62. The Kier molecular flexibility index (Phi) is 1.57. The first-order valence-corrected chi connectivity index (χ1v) is 3.23. The Morgan fingerprint density at radius 2 is 2.57 bits per heavy atom. The van der Waals surface area contributed by atoms with E-state index in [1.54, 1.807) is 6.20 Å². The van der Waals surface area contributed by atoms with Gasteiger partial charge in [-0.25, -0.2) is 4.98 Å². The molecule has 0 N–H and O–H groups in total. The minimum atomic E-state index is 0.546. The van der Waals surface area contributed by atoms with Crippen molar-refractivity contribution in [2.45, 2.75) is 4.21 Å². The van der Waals surface area contributed by atoms with Gasteiger partial charge in [-0.1, -0.05) is 22.9 Å². The molecule has 1 rings (SSSR count). The van der Waals surface area contributed by atoms with Gasteiger partial charge < -0.3 is 0 Å². The molecule has 0 unspecified atom stereocenters. The number of hydrogen-bond acceptors (Lipinski definition) is 3. The molecule has 0 fully saturated rings. The second-order valence-corrected chi connectivity index (χ2v) is 3.35. The molecule has 0 saturated heterocycles. The molecule has 0 spiro atoms. The summed E-state index contributed by atoms with van der Waals surface area (Å²) in [7, 11) is 0. The van der Waals surface area contributed by atoms with Crippen LogP contribution < -0.4 is 0 Å². The van der Waals surface area contributed by atoms with E-state index in [2.05, 4.69) is 17.6 Å². The number of aromatic nitrogens is 1. The molecule has 0 saturated carbocycles. The Morgan fingerprint density at radius 3 is 2.71 bits per heavy atom. The lowest BCUT2D eigenvalue weighted by atomic mass is 11.0. The lowest BCUT2D eigenvalue weighted by Crippen LogP contribution is -1.48. The van der Waals surface area contributed by atoms with Crippen molar-refractivity contribution >= 4 is 35.6 Å². The Labute approximate surface area is 55.7 Å². The third kappa shape index (κ3) is 1.33. The van der Waals surface area contributed by atoms with E-state index in [-0.39, 0.29) is 0 Å². The predicted octanol–water partition coefficient (Wildman–Crippen LogP) is 2.09. The van der Waals surface area contributed by atoms with Gasteiger partial charge in [-0.3, -0.25) is 0 Å². The largest absolute Gasteiger partial charge is 0.232 e. The maximum Gasteiger partial charge on any atom is 0.184 e. The fourth-order valence-corrected chi connectivity index (χ4v) is 1.41. The number of thiol groups is 1. The van der Waals surface area contributed by atoms with Crippen molar-refractivity contribution < 1.29 is 0 Å². The molecule has 1 aromatic rings. The van der Waals surface area contributed by atoms with Crippen LogP contribution in [0.1, 0.15) is 0 Å². The van der Waals surface area contributed by atoms with Crippen molar-refractivity contribution in [3.63, 3.8) is 0 Å². The zero-order valence-electron chi connectivity index (χ0n) is 3.26. The van der Waals surface area contributed by atoms with E-state index >= 15 is 0 Å². The highest BCUT2D eigenvalue weighted by molar-refractivity contribution is 7.82. The molecule has 0 radical (unpaired) electrons. The zero-order valence-corrected chi connectivity index (χ0v) is 5.72. The molecular formula is C3H2ClNS2. The van der Waals surface area contributed by atoms with E-state index in [0.29, 0.717) is 4.47 Å². The van der Waals surface area contributed by atoms with E-state index < -0.39 is 0 Å². The van der Waals surface area contributed by atoms with Crippen LogP contribution in [0.3, 0.4) is 0 Å². The third-order valence-corrected chi connectivity index (χ3v) is 1.77. The first-order valence-electron chi connectivity index (χ1n) is 1.59. The predicted molar refractivity (Wildman–Crippen MR) is 34.4 cm³/mol. The molecule has 0 bridgehead atoms. The molecule has 0 atom stereocenters. The minimum absolute atomic E-state index is 0.546. The van der Waals surface area contributed by atoms with Crippen molar-refractivity contribution in [2.24, 2.45) is 0 Å². The molecule has 4 heteroatoms. The highest BCUT2D eigenvalue weighted by atomic mass is 35.5. The van der Waals surface area contributed by atoms with Gasteiger partial charge in [-0.2, -0.15) is 0 Å². The highest BCUT2D eigenvalue weighted by Gasteiger charge is 1.89. The van der Waals surface area contributed by atoms with Crippen LogP contribution in [0.25, 0.3) is 0 Å². The number of thiazole rings is 1. The quantitative estimate of drug-likeness (QED) is 0.561. The van der Waals surface area contributed by atoms with Gasteiger partial charge in [0.25, 0.3) is 0 Å². The van der Waals surface area contributed by atoms with Crippen LogP contribution in [-0.4, -0.2) is 4.98 Å². The molecule has 0 aliphatic carbocycles. The van der Waals surface area contributed by atoms with Crippen LogP contribution in [0.4, 0.5) is 0 Å². The lowest BCUT2D eigenvalue weighted by Gasteiger charge is -1.65. The summed E-state index contributed by atoms with van der Waals surface area (Å²) in [4.78, 5) is 3.72. The van der Waals surface area contributed by atoms with Crippen LogP contribution >= 0.6 is 35.6 Å². The lowest BCUT2D eigenvalue weighted by molar-refractivity contribution is 1.38. The van der Waals surface area contributed by atoms with Gasteiger partial charge in [-0.15, -0.1) is 12.6 Å². The maximum absolute atomic E-state index is 5.42. The van der Waals surface area contributed by atoms with Crippen LogP contribution in [0.5, 0.6) is 0 Å². The molecule has 7 heavy (non-hydrogen) atoms. The van der Waals surface area contributed by atoms with Gasteiger partial charge in [0.2, 0.25) is 0 Å². The number of nitrogens with zero attached hydrogens (tertiary/aromatic N) is 1. The van der Waals surface area contributed by atoms with Crippen LogP contribution in [0.2, 0.25) is 4.47 Å². The first kappa shape index (κ1) is 5.41. The molecule has 0 aliphatic rings. The standard InChI is InChI=1S/C3H2ClNS2/c4-3-5-1-2(6)7-3/h1,6H. The zero-order chi connectivity index (χ0) is 5.28. The van der Waals surface area contributed by atoms with Crippen LogP contribution in [0.15, 0.2) is 10.4 Å². The highest BCUT2D eigenvalue weighted by Crippen LogP contribution is 2.19. The maximum atomic E-state index is 5.42. The van der Waals surface area contributed by atoms with E-state index in [0.717, 1.165) is 4.21 Å². The van der Waals surface area contributed by atoms with Crippen molar-refractivity contribution in [3.05, 3.63) is 10.7 Å². The summed E-state index contributed by atoms with van der Waals surface area (Å²) in [5.41, 5.74) is 0. The molecule has 0 aliphatic heterocycles. The van der Waals surface area contributed by atoms with E-state index in [1.807, 2.05) is 0 Å². The Morgan fingerprint density at radius 1 is 1.86 bits per heavy atom. The fourth-order valence-electron chi connectivity index (χ4n) is 0.245. The molecule has 1 heterocycles. The SMILES string of the molecule is Sc1cnc(Cl)s1. The van der Waals surface area contributed by atoms with Gasteiger partial charge in [-0.05, 0) is 0 Å². The van der Waals surface area contributed by atoms with Crippen molar-refractivity contribution in [1.29, 1.82) is 0 Å². The van der Waals surface area contributed by atoms with Crippen molar-refractivity contribution in [2.75, 3.05) is 0 Å². The Hall–Kier alpha value is 0.270. The topological polar surface area (TPSA) is 12.9 Å². The summed E-state index contributed by atoms with van der Waals surface area (Å²) >= 11 is 10.8. The van der Waals surface area contributed by atoms with Crippen LogP contribution in [-0.2, 0) is 0 Å². The van der Waals surface area contributed by atoms with Gasteiger partial charge in [0.05, 0.1) is 10.4 Å². The molecule has 1 nitrogen and oxygen atoms in total. The third-order valence-electron chi connectivity index (χ3n) is 0.465. The summed E-state index contributed by atoms with van der Waals surface area (Å²) in [6, 6.07) is 0. The van der Waals surface area contributed by atoms with Crippen molar-refractivity contribution in [1.82, 2.24) is 4.98 Å². The number of hydrogen-bond donors (Lipinski definition) is 1. The molecule has 0 aromatic carbocycles. The summed E-state index contributed by atoms with van der Waals surface area (Å²) < 4.78 is 1.40. The fraction of sp³-hybridized carbons (Fsp3) is 0. The monoisotopic (exact) mass is 151 g/mol. The smallest absolute Gasteiger partial charge is 0.184 e. The van der Waals surface area contributed by atoms with Gasteiger partial charge in [0.1, 0.15) is 0 Å². The number of halogens is 1. The van der Waals surface area contributed by atoms with Gasteiger partial charge >= 0.3 is 0 Å². The minimum Gasteiger partial charge on any atom is -0.232 e. The Bertz CT molecular complexity index is 145. The molecule has 38 valence electrons. The first-order chi connectivity index (χ1) is 3.29. The average Bonchev–Trinajstić information content (AvgIpc) is 1.87. The Balaban J connectivity index is 3.04. The van der Waals surface area contributed by atoms with E-state index in [9.17, 15) is 0 Å². The van der Waals surface area contributed by atoms with E-state index in [4.69, 9.17) is 11.6 Å². The molecule has 1 aromatic heterocycles. The van der Waals surface area contributed by atoms with Crippen molar-refractivity contribution in [3.8, 4) is 0 Å². The summed E-state index contributed by atoms with van der Waals surface area (Å²) in [5.74, 6) is 0. The van der Waals surface area contributed by atoms with Crippen LogP contribution in [0, 0.1) is 0 Å². The molecule has 0 amide bonds. The summed E-state index contributed by atoms with van der Waals surface area (Å²) in [5, 5.41) is 0. The molecular weight excluding hydrogens is 150 g/mol. The normalized spacial score (nSPS) is 9.43. The second kappa shape index (κ2) is 2.03. The summed E-state index contributed by atoms with van der Waals surface area (Å²) in [6.45, 7) is 0. The van der Waals surface area contributed by atoms with Gasteiger partial charge in [0.15, 0.2) is 4.47 Å². The van der Waals surface area contributed by atoms with Gasteiger partial charge in [0, 0.05) is 0 Å². The number of rotatable bonds is 0. The van der Waals surface area contributed by atoms with E-state index in [1.165, 1.54) is 11.3 Å². The second-order valence-electron chi connectivity index (χ2n) is 0.951.